The van der Waals surface area contributed by atoms with E-state index < -0.39 is 11.7 Å². The molecule has 1 aliphatic rings. The molecule has 5 nitrogen and oxygen atoms in total. The van der Waals surface area contributed by atoms with Crippen LogP contribution in [0.4, 0.5) is 0 Å². The SMILES string of the molecule is Cc1ccc(C(=O)C(=O)NCCCOCC2CCCO2)cc1. The summed E-state index contributed by atoms with van der Waals surface area (Å²) < 4.78 is 10.9. The standard InChI is InChI=1S/C17H23NO4/c1-13-5-7-14(8-6-13)16(19)17(20)18-9-3-10-21-12-15-4-2-11-22-15/h5-8,15H,2-4,9-12H2,1H3,(H,18,20). The van der Waals surface area contributed by atoms with Gasteiger partial charge in [0.2, 0.25) is 5.78 Å². The number of hydrogen-bond acceptors (Lipinski definition) is 4. The number of aryl methyl sites for hydroxylation is 1. The smallest absolute Gasteiger partial charge is 0.292 e. The molecule has 0 radical (unpaired) electrons. The lowest BCUT2D eigenvalue weighted by Crippen LogP contribution is -2.32. The topological polar surface area (TPSA) is 64.6 Å². The molecule has 1 aromatic rings. The third-order valence-corrected chi connectivity index (χ3v) is 3.60. The highest BCUT2D eigenvalue weighted by atomic mass is 16.5. The van der Waals surface area contributed by atoms with E-state index >= 15 is 0 Å². The minimum Gasteiger partial charge on any atom is -0.379 e. The Balaban J connectivity index is 1.58. The average molecular weight is 305 g/mol. The van der Waals surface area contributed by atoms with Gasteiger partial charge in [-0.25, -0.2) is 0 Å². The van der Waals surface area contributed by atoms with E-state index in [1.165, 1.54) is 0 Å². The summed E-state index contributed by atoms with van der Waals surface area (Å²) in [7, 11) is 0. The van der Waals surface area contributed by atoms with E-state index in [0.717, 1.165) is 25.0 Å². The first kappa shape index (κ1) is 16.6. The van der Waals surface area contributed by atoms with Crippen LogP contribution >= 0.6 is 0 Å². The second-order valence-electron chi connectivity index (χ2n) is 5.51. The third kappa shape index (κ3) is 5.24. The van der Waals surface area contributed by atoms with Crippen molar-refractivity contribution in [3.8, 4) is 0 Å². The first-order chi connectivity index (χ1) is 10.7. The second kappa shape index (κ2) is 8.66. The molecule has 0 aromatic heterocycles. The maximum Gasteiger partial charge on any atom is 0.292 e. The average Bonchev–Trinajstić information content (AvgIpc) is 3.04. The van der Waals surface area contributed by atoms with E-state index in [1.807, 2.05) is 19.1 Å². The molecule has 0 aliphatic carbocycles. The molecular formula is C17H23NO4. The number of Topliss-reactive ketones (excluding diaryl/α,β-unsaturated/α-hetero) is 1. The molecule has 2 rings (SSSR count). The van der Waals surface area contributed by atoms with Crippen molar-refractivity contribution in [3.05, 3.63) is 35.4 Å². The molecule has 1 unspecified atom stereocenters. The van der Waals surface area contributed by atoms with Crippen molar-refractivity contribution in [2.24, 2.45) is 0 Å². The van der Waals surface area contributed by atoms with Crippen molar-refractivity contribution in [3.63, 3.8) is 0 Å². The zero-order valence-corrected chi connectivity index (χ0v) is 13.0. The van der Waals surface area contributed by atoms with Crippen molar-refractivity contribution >= 4 is 11.7 Å². The largest absolute Gasteiger partial charge is 0.379 e. The lowest BCUT2D eigenvalue weighted by atomic mass is 10.1. The van der Waals surface area contributed by atoms with Crippen LogP contribution in [-0.4, -0.2) is 44.2 Å². The first-order valence-corrected chi connectivity index (χ1v) is 7.75. The van der Waals surface area contributed by atoms with Crippen LogP contribution < -0.4 is 5.32 Å². The van der Waals surface area contributed by atoms with Crippen LogP contribution in [0.5, 0.6) is 0 Å². The van der Waals surface area contributed by atoms with Crippen molar-refractivity contribution in [1.82, 2.24) is 5.32 Å². The molecule has 22 heavy (non-hydrogen) atoms. The maximum absolute atomic E-state index is 11.9. The zero-order valence-electron chi connectivity index (χ0n) is 13.0. The maximum atomic E-state index is 11.9. The molecule has 0 bridgehead atoms. The molecule has 120 valence electrons. The van der Waals surface area contributed by atoms with Gasteiger partial charge in [0.25, 0.3) is 5.91 Å². The van der Waals surface area contributed by atoms with Crippen LogP contribution in [0.3, 0.4) is 0 Å². The number of amides is 1. The Bertz CT molecular complexity index is 492. The summed E-state index contributed by atoms with van der Waals surface area (Å²) in [5.74, 6) is -1.07. The van der Waals surface area contributed by atoms with Crippen LogP contribution in [0.25, 0.3) is 0 Å². The molecule has 1 amide bonds. The highest BCUT2D eigenvalue weighted by molar-refractivity contribution is 6.42. The molecule has 1 N–H and O–H groups in total. The van der Waals surface area contributed by atoms with Crippen molar-refractivity contribution in [2.75, 3.05) is 26.4 Å². The molecule has 1 aromatic carbocycles. The molecule has 0 saturated carbocycles. The van der Waals surface area contributed by atoms with E-state index in [-0.39, 0.29) is 6.10 Å². The molecule has 1 saturated heterocycles. The zero-order chi connectivity index (χ0) is 15.8. The van der Waals surface area contributed by atoms with Gasteiger partial charge in [-0.3, -0.25) is 9.59 Å². The van der Waals surface area contributed by atoms with Gasteiger partial charge in [-0.2, -0.15) is 0 Å². The van der Waals surface area contributed by atoms with Crippen molar-refractivity contribution in [1.29, 1.82) is 0 Å². The third-order valence-electron chi connectivity index (χ3n) is 3.60. The Morgan fingerprint density at radius 1 is 1.32 bits per heavy atom. The number of rotatable bonds is 8. The summed E-state index contributed by atoms with van der Waals surface area (Å²) in [5, 5.41) is 2.62. The van der Waals surface area contributed by atoms with E-state index in [4.69, 9.17) is 9.47 Å². The number of nitrogens with one attached hydrogen (secondary N) is 1. The molecule has 0 spiro atoms. The number of hydrogen-bond donors (Lipinski definition) is 1. The summed E-state index contributed by atoms with van der Waals surface area (Å²) in [4.78, 5) is 23.6. The lowest BCUT2D eigenvalue weighted by Gasteiger charge is -2.10. The Morgan fingerprint density at radius 3 is 2.77 bits per heavy atom. The molecule has 1 fully saturated rings. The number of benzene rings is 1. The van der Waals surface area contributed by atoms with E-state index in [1.54, 1.807) is 12.1 Å². The predicted molar refractivity (Wildman–Crippen MR) is 82.9 cm³/mol. The Hall–Kier alpha value is -1.72. The Morgan fingerprint density at radius 2 is 2.09 bits per heavy atom. The summed E-state index contributed by atoms with van der Waals surface area (Å²) in [6.07, 6.45) is 3.06. The van der Waals surface area contributed by atoms with Gasteiger partial charge in [0.15, 0.2) is 0 Å². The van der Waals surface area contributed by atoms with E-state index in [9.17, 15) is 9.59 Å². The van der Waals surface area contributed by atoms with Crippen LogP contribution in [-0.2, 0) is 14.3 Å². The lowest BCUT2D eigenvalue weighted by molar-refractivity contribution is -0.117. The highest BCUT2D eigenvalue weighted by Gasteiger charge is 2.16. The fraction of sp³-hybridized carbons (Fsp3) is 0.529. The first-order valence-electron chi connectivity index (χ1n) is 7.75. The number of carbonyl (C=O) groups is 2. The summed E-state index contributed by atoms with van der Waals surface area (Å²) in [6.45, 7) is 4.35. The van der Waals surface area contributed by atoms with Crippen LogP contribution in [0.2, 0.25) is 0 Å². The second-order valence-corrected chi connectivity index (χ2v) is 5.51. The highest BCUT2D eigenvalue weighted by Crippen LogP contribution is 2.11. The summed E-state index contributed by atoms with van der Waals surface area (Å²) >= 11 is 0. The Labute approximate surface area is 131 Å². The predicted octanol–water partition coefficient (Wildman–Crippen LogP) is 1.88. The van der Waals surface area contributed by atoms with Crippen LogP contribution in [0.1, 0.15) is 35.2 Å². The van der Waals surface area contributed by atoms with Gasteiger partial charge in [0, 0.05) is 25.3 Å². The minimum atomic E-state index is -0.567. The summed E-state index contributed by atoms with van der Waals surface area (Å²) in [6, 6.07) is 6.98. The van der Waals surface area contributed by atoms with Gasteiger partial charge < -0.3 is 14.8 Å². The molecular weight excluding hydrogens is 282 g/mol. The molecule has 1 atom stereocenters. The fourth-order valence-corrected chi connectivity index (χ4v) is 2.28. The number of ether oxygens (including phenoxy) is 2. The minimum absolute atomic E-state index is 0.220. The van der Waals surface area contributed by atoms with E-state index in [0.29, 0.717) is 31.7 Å². The van der Waals surface area contributed by atoms with Crippen molar-refractivity contribution in [2.45, 2.75) is 32.3 Å². The Kier molecular flexibility index (Phi) is 6.55. The quantitative estimate of drug-likeness (QED) is 0.452. The number of ketones is 1. The van der Waals surface area contributed by atoms with Gasteiger partial charge in [-0.05, 0) is 26.2 Å². The van der Waals surface area contributed by atoms with Gasteiger partial charge in [0.05, 0.1) is 12.7 Å². The molecule has 5 heteroatoms. The summed E-state index contributed by atoms with van der Waals surface area (Å²) in [5.41, 5.74) is 1.47. The van der Waals surface area contributed by atoms with Crippen LogP contribution in [0, 0.1) is 6.92 Å². The van der Waals surface area contributed by atoms with Gasteiger partial charge in [0.1, 0.15) is 0 Å². The van der Waals surface area contributed by atoms with Gasteiger partial charge >= 0.3 is 0 Å². The van der Waals surface area contributed by atoms with Crippen molar-refractivity contribution < 1.29 is 19.1 Å². The van der Waals surface area contributed by atoms with Crippen LogP contribution in [0.15, 0.2) is 24.3 Å². The normalized spacial score (nSPS) is 17.4. The fourth-order valence-electron chi connectivity index (χ4n) is 2.28. The number of carbonyl (C=O) groups excluding carboxylic acids is 2. The molecule has 1 heterocycles. The van der Waals surface area contributed by atoms with Gasteiger partial charge in [-0.1, -0.05) is 29.8 Å². The monoisotopic (exact) mass is 305 g/mol. The van der Waals surface area contributed by atoms with Gasteiger partial charge in [-0.15, -0.1) is 0 Å². The molecule has 1 aliphatic heterocycles. The van der Waals surface area contributed by atoms with E-state index in [2.05, 4.69) is 5.32 Å².